The van der Waals surface area contributed by atoms with Gasteiger partial charge in [0.15, 0.2) is 10.9 Å². The third-order valence-electron chi connectivity index (χ3n) is 5.31. The van der Waals surface area contributed by atoms with Crippen LogP contribution in [0.5, 0.6) is 0 Å². The molecule has 0 spiro atoms. The molecule has 0 bridgehead atoms. The molecule has 0 radical (unpaired) electrons. The average molecular weight is 426 g/mol. The molecule has 1 aromatic carbocycles. The maximum absolute atomic E-state index is 12.9. The van der Waals surface area contributed by atoms with Gasteiger partial charge in [0.1, 0.15) is 5.82 Å². The lowest BCUT2D eigenvalue weighted by molar-refractivity contribution is -0.118. The minimum absolute atomic E-state index is 0.0568. The van der Waals surface area contributed by atoms with E-state index >= 15 is 0 Å². The summed E-state index contributed by atoms with van der Waals surface area (Å²) in [5.41, 5.74) is 9.16. The standard InChI is InChI=1S/C22H27N5O2S/c1-14-12-18(16(3)27(14)15(2)17-8-6-5-7-9-17)19(28)13-30-22-25-24-21(26(22)4)11-10-20(23)29/h5-9,12,15H,10-11,13H2,1-4H3,(H2,23,29)/t15-/m0/s1. The predicted molar refractivity (Wildman–Crippen MR) is 118 cm³/mol. The third kappa shape index (κ3) is 4.64. The third-order valence-corrected chi connectivity index (χ3v) is 6.33. The lowest BCUT2D eigenvalue weighted by atomic mass is 10.1. The van der Waals surface area contributed by atoms with Crippen LogP contribution in [0.3, 0.4) is 0 Å². The van der Waals surface area contributed by atoms with Gasteiger partial charge in [0, 0.05) is 36.8 Å². The van der Waals surface area contributed by atoms with Crippen LogP contribution in [0.2, 0.25) is 0 Å². The number of benzene rings is 1. The molecule has 3 rings (SSSR count). The zero-order chi connectivity index (χ0) is 21.8. The molecule has 0 saturated carbocycles. The van der Waals surface area contributed by atoms with E-state index in [1.54, 1.807) is 0 Å². The number of thioether (sulfide) groups is 1. The second kappa shape index (κ2) is 9.30. The molecule has 3 aromatic rings. The van der Waals surface area contributed by atoms with E-state index < -0.39 is 0 Å². The summed E-state index contributed by atoms with van der Waals surface area (Å²) in [5.74, 6) is 0.633. The molecular formula is C22H27N5O2S. The van der Waals surface area contributed by atoms with Crippen LogP contribution in [0.15, 0.2) is 41.6 Å². The number of carbonyl (C=O) groups excluding carboxylic acids is 2. The molecule has 2 heterocycles. The fraction of sp³-hybridized carbons (Fsp3) is 0.364. The molecule has 2 aromatic heterocycles. The first-order chi connectivity index (χ1) is 14.3. The number of Topliss-reactive ketones (excluding diaryl/α,β-unsaturated/α-hetero) is 1. The van der Waals surface area contributed by atoms with Crippen LogP contribution in [0.25, 0.3) is 0 Å². The van der Waals surface area contributed by atoms with Gasteiger partial charge in [0.2, 0.25) is 5.91 Å². The van der Waals surface area contributed by atoms with Crippen LogP contribution in [0, 0.1) is 13.8 Å². The molecular weight excluding hydrogens is 398 g/mol. The summed E-state index contributed by atoms with van der Waals surface area (Å²) in [5, 5.41) is 8.89. The Hall–Kier alpha value is -2.87. The average Bonchev–Trinajstić information content (AvgIpc) is 3.23. The van der Waals surface area contributed by atoms with Gasteiger partial charge in [-0.2, -0.15) is 0 Å². The number of amides is 1. The minimum Gasteiger partial charge on any atom is -0.370 e. The summed E-state index contributed by atoms with van der Waals surface area (Å²) >= 11 is 1.35. The number of nitrogens with zero attached hydrogens (tertiary/aromatic N) is 4. The first-order valence-corrected chi connectivity index (χ1v) is 10.8. The number of hydrogen-bond donors (Lipinski definition) is 1. The molecule has 0 aliphatic rings. The first-order valence-electron chi connectivity index (χ1n) is 9.85. The van der Waals surface area contributed by atoms with E-state index in [4.69, 9.17) is 5.73 Å². The minimum atomic E-state index is -0.373. The molecule has 158 valence electrons. The van der Waals surface area contributed by atoms with Crippen LogP contribution < -0.4 is 5.73 Å². The van der Waals surface area contributed by atoms with Gasteiger partial charge in [-0.25, -0.2) is 0 Å². The van der Waals surface area contributed by atoms with Gasteiger partial charge >= 0.3 is 0 Å². The first kappa shape index (κ1) is 21.8. The van der Waals surface area contributed by atoms with E-state index in [2.05, 4.69) is 33.8 Å². The number of hydrogen-bond acceptors (Lipinski definition) is 5. The molecule has 1 atom stereocenters. The van der Waals surface area contributed by atoms with E-state index in [0.717, 1.165) is 17.0 Å². The SMILES string of the molecule is Cc1cc(C(=O)CSc2nnc(CCC(N)=O)n2C)c(C)n1[C@@H](C)c1ccccc1. The maximum Gasteiger partial charge on any atom is 0.217 e. The van der Waals surface area contributed by atoms with E-state index in [1.165, 1.54) is 17.3 Å². The Morgan fingerprint density at radius 2 is 1.87 bits per heavy atom. The fourth-order valence-electron chi connectivity index (χ4n) is 3.67. The van der Waals surface area contributed by atoms with E-state index in [-0.39, 0.29) is 29.9 Å². The topological polar surface area (TPSA) is 95.8 Å². The van der Waals surface area contributed by atoms with Gasteiger partial charge in [-0.15, -0.1) is 10.2 Å². The van der Waals surface area contributed by atoms with Crippen LogP contribution >= 0.6 is 11.8 Å². The Kier molecular flexibility index (Phi) is 6.77. The molecule has 2 N–H and O–H groups in total. The highest BCUT2D eigenvalue weighted by atomic mass is 32.2. The number of nitrogens with two attached hydrogens (primary N) is 1. The molecule has 8 heteroatoms. The summed E-state index contributed by atoms with van der Waals surface area (Å²) in [6, 6.07) is 12.4. The van der Waals surface area contributed by atoms with Crippen molar-refractivity contribution in [1.82, 2.24) is 19.3 Å². The van der Waals surface area contributed by atoms with Gasteiger partial charge in [-0.05, 0) is 32.4 Å². The monoisotopic (exact) mass is 425 g/mol. The van der Waals surface area contributed by atoms with Gasteiger partial charge in [-0.3, -0.25) is 9.59 Å². The number of primary amides is 1. The van der Waals surface area contributed by atoms with Crippen LogP contribution in [-0.2, 0) is 18.3 Å². The van der Waals surface area contributed by atoms with Gasteiger partial charge in [0.05, 0.1) is 11.8 Å². The smallest absolute Gasteiger partial charge is 0.217 e. The molecule has 30 heavy (non-hydrogen) atoms. The van der Waals surface area contributed by atoms with Gasteiger partial charge < -0.3 is 14.9 Å². The molecule has 0 unspecified atom stereocenters. The Morgan fingerprint density at radius 1 is 1.17 bits per heavy atom. The van der Waals surface area contributed by atoms with E-state index in [1.807, 2.05) is 49.7 Å². The Balaban J connectivity index is 1.72. The number of ketones is 1. The lowest BCUT2D eigenvalue weighted by Gasteiger charge is -2.19. The summed E-state index contributed by atoms with van der Waals surface area (Å²) in [7, 11) is 1.83. The molecule has 0 fully saturated rings. The molecule has 0 aliphatic carbocycles. The van der Waals surface area contributed by atoms with Gasteiger partial charge in [-0.1, -0.05) is 42.1 Å². The Bertz CT molecular complexity index is 1060. The van der Waals surface area contributed by atoms with Crippen molar-refractivity contribution in [3.63, 3.8) is 0 Å². The van der Waals surface area contributed by atoms with Crippen LogP contribution in [-0.4, -0.2) is 36.8 Å². The number of aryl methyl sites for hydroxylation is 2. The summed E-state index contributed by atoms with van der Waals surface area (Å²) < 4.78 is 4.01. The molecule has 7 nitrogen and oxygen atoms in total. The summed E-state index contributed by atoms with van der Waals surface area (Å²) in [4.78, 5) is 23.9. The highest BCUT2D eigenvalue weighted by Crippen LogP contribution is 2.27. The van der Waals surface area contributed by atoms with Crippen molar-refractivity contribution in [1.29, 1.82) is 0 Å². The number of carbonyl (C=O) groups is 2. The molecule has 0 aliphatic heterocycles. The highest BCUT2D eigenvalue weighted by Gasteiger charge is 2.20. The zero-order valence-corrected chi connectivity index (χ0v) is 18.6. The Morgan fingerprint density at radius 3 is 2.53 bits per heavy atom. The summed E-state index contributed by atoms with van der Waals surface area (Å²) in [6.45, 7) is 6.17. The predicted octanol–water partition coefficient (Wildman–Crippen LogP) is 3.24. The maximum atomic E-state index is 12.9. The lowest BCUT2D eigenvalue weighted by Crippen LogP contribution is -2.13. The van der Waals surface area contributed by atoms with Crippen molar-refractivity contribution in [3.8, 4) is 0 Å². The molecule has 1 amide bonds. The fourth-order valence-corrected chi connectivity index (χ4v) is 4.48. The normalized spacial score (nSPS) is 12.1. The van der Waals surface area contributed by atoms with Crippen LogP contribution in [0.1, 0.15) is 52.5 Å². The second-order valence-corrected chi connectivity index (χ2v) is 8.32. The Labute approximate surface area is 180 Å². The quantitative estimate of drug-likeness (QED) is 0.419. The highest BCUT2D eigenvalue weighted by molar-refractivity contribution is 7.99. The molecule has 0 saturated heterocycles. The van der Waals surface area contributed by atoms with Crippen molar-refractivity contribution in [2.45, 2.75) is 44.8 Å². The summed E-state index contributed by atoms with van der Waals surface area (Å²) in [6.07, 6.45) is 0.660. The van der Waals surface area contributed by atoms with E-state index in [0.29, 0.717) is 17.4 Å². The van der Waals surface area contributed by atoms with Crippen molar-refractivity contribution in [2.75, 3.05) is 5.75 Å². The van der Waals surface area contributed by atoms with Crippen LogP contribution in [0.4, 0.5) is 0 Å². The van der Waals surface area contributed by atoms with Crippen molar-refractivity contribution in [3.05, 3.63) is 64.7 Å². The van der Waals surface area contributed by atoms with Crippen molar-refractivity contribution < 1.29 is 9.59 Å². The number of aromatic nitrogens is 4. The number of rotatable bonds is 9. The van der Waals surface area contributed by atoms with E-state index in [9.17, 15) is 9.59 Å². The van der Waals surface area contributed by atoms with Crippen molar-refractivity contribution in [2.24, 2.45) is 12.8 Å². The largest absolute Gasteiger partial charge is 0.370 e. The second-order valence-electron chi connectivity index (χ2n) is 7.38. The van der Waals surface area contributed by atoms with Crippen molar-refractivity contribution >= 4 is 23.5 Å². The zero-order valence-electron chi connectivity index (χ0n) is 17.8. The van der Waals surface area contributed by atoms with Gasteiger partial charge in [0.25, 0.3) is 0 Å².